The maximum Gasteiger partial charge on any atom is 0.418 e. The van der Waals surface area contributed by atoms with Crippen molar-refractivity contribution in [1.82, 2.24) is 0 Å². The van der Waals surface area contributed by atoms with Crippen molar-refractivity contribution in [2.75, 3.05) is 0 Å². The van der Waals surface area contributed by atoms with Gasteiger partial charge in [0, 0.05) is 0 Å². The third-order valence-corrected chi connectivity index (χ3v) is 2.30. The highest BCUT2D eigenvalue weighted by atomic mass is 35.5. The SMILES string of the molecule is FC(F)(F)c1c(Cl)ccc(Cl)c1C(F)(F)F. The molecule has 0 saturated heterocycles. The molecule has 0 saturated carbocycles. The van der Waals surface area contributed by atoms with Crippen molar-refractivity contribution in [3.8, 4) is 0 Å². The van der Waals surface area contributed by atoms with Crippen molar-refractivity contribution in [1.29, 1.82) is 0 Å². The summed E-state index contributed by atoms with van der Waals surface area (Å²) in [7, 11) is 0. The van der Waals surface area contributed by atoms with E-state index in [0.29, 0.717) is 12.1 Å². The number of rotatable bonds is 0. The Morgan fingerprint density at radius 2 is 0.938 bits per heavy atom. The van der Waals surface area contributed by atoms with Gasteiger partial charge in [-0.05, 0) is 12.1 Å². The normalized spacial score (nSPS) is 13.0. The Kier molecular flexibility index (Phi) is 3.36. The first-order chi connectivity index (χ1) is 7.05. The molecule has 0 aromatic heterocycles. The van der Waals surface area contributed by atoms with E-state index in [-0.39, 0.29) is 0 Å². The molecule has 0 nitrogen and oxygen atoms in total. The highest BCUT2D eigenvalue weighted by molar-refractivity contribution is 6.34. The molecule has 0 bridgehead atoms. The van der Waals surface area contributed by atoms with Gasteiger partial charge in [0.1, 0.15) is 0 Å². The van der Waals surface area contributed by atoms with Crippen LogP contribution in [0, 0.1) is 0 Å². The van der Waals surface area contributed by atoms with Crippen molar-refractivity contribution >= 4 is 23.2 Å². The molecular weight excluding hydrogens is 281 g/mol. The molecule has 90 valence electrons. The zero-order valence-corrected chi connectivity index (χ0v) is 8.69. The predicted octanol–water partition coefficient (Wildman–Crippen LogP) is 5.03. The van der Waals surface area contributed by atoms with Gasteiger partial charge in [-0.3, -0.25) is 0 Å². The van der Waals surface area contributed by atoms with E-state index in [1.54, 1.807) is 0 Å². The Labute approximate surface area is 95.8 Å². The predicted molar refractivity (Wildman–Crippen MR) is 46.5 cm³/mol. The monoisotopic (exact) mass is 282 g/mol. The lowest BCUT2D eigenvalue weighted by Crippen LogP contribution is -2.17. The van der Waals surface area contributed by atoms with Gasteiger partial charge in [0.05, 0.1) is 21.2 Å². The Balaban J connectivity index is 3.64. The van der Waals surface area contributed by atoms with Gasteiger partial charge in [-0.1, -0.05) is 23.2 Å². The van der Waals surface area contributed by atoms with Crippen LogP contribution in [0.4, 0.5) is 26.3 Å². The molecule has 0 aliphatic rings. The van der Waals surface area contributed by atoms with E-state index in [0.717, 1.165) is 0 Å². The Hall–Kier alpha value is -0.620. The molecule has 0 spiro atoms. The fourth-order valence-electron chi connectivity index (χ4n) is 1.11. The van der Waals surface area contributed by atoms with Crippen LogP contribution in [0.15, 0.2) is 12.1 Å². The molecule has 16 heavy (non-hydrogen) atoms. The minimum atomic E-state index is -5.22. The molecule has 0 atom stereocenters. The molecule has 0 aliphatic carbocycles. The Bertz CT molecular complexity index is 367. The van der Waals surface area contributed by atoms with E-state index < -0.39 is 33.5 Å². The lowest BCUT2D eigenvalue weighted by molar-refractivity contribution is -0.161. The van der Waals surface area contributed by atoms with Gasteiger partial charge < -0.3 is 0 Å². The fraction of sp³-hybridized carbons (Fsp3) is 0.250. The first-order valence-corrected chi connectivity index (χ1v) is 4.43. The molecule has 0 unspecified atom stereocenters. The zero-order chi connectivity index (χ0) is 12.7. The summed E-state index contributed by atoms with van der Waals surface area (Å²) in [6.45, 7) is 0. The van der Waals surface area contributed by atoms with Gasteiger partial charge in [0.2, 0.25) is 0 Å². The topological polar surface area (TPSA) is 0 Å². The van der Waals surface area contributed by atoms with E-state index in [4.69, 9.17) is 23.2 Å². The summed E-state index contributed by atoms with van der Waals surface area (Å²) in [6, 6.07) is 1.34. The van der Waals surface area contributed by atoms with Crippen LogP contribution in [0.25, 0.3) is 0 Å². The number of benzene rings is 1. The van der Waals surface area contributed by atoms with Gasteiger partial charge in [-0.25, -0.2) is 0 Å². The molecule has 0 radical (unpaired) electrons. The molecule has 0 amide bonds. The van der Waals surface area contributed by atoms with Crippen molar-refractivity contribution in [2.45, 2.75) is 12.4 Å². The molecule has 1 aromatic rings. The van der Waals surface area contributed by atoms with Crippen LogP contribution in [-0.2, 0) is 12.4 Å². The van der Waals surface area contributed by atoms with Gasteiger partial charge in [0.15, 0.2) is 0 Å². The van der Waals surface area contributed by atoms with Crippen molar-refractivity contribution < 1.29 is 26.3 Å². The molecule has 0 heterocycles. The van der Waals surface area contributed by atoms with E-state index in [2.05, 4.69) is 0 Å². The fourth-order valence-corrected chi connectivity index (χ4v) is 1.64. The van der Waals surface area contributed by atoms with Crippen LogP contribution in [0.3, 0.4) is 0 Å². The minimum absolute atomic E-state index is 0.669. The molecule has 0 fully saturated rings. The first-order valence-electron chi connectivity index (χ1n) is 3.67. The van der Waals surface area contributed by atoms with Crippen LogP contribution >= 0.6 is 23.2 Å². The molecule has 1 aromatic carbocycles. The summed E-state index contributed by atoms with van der Waals surface area (Å²) in [6.07, 6.45) is -10.4. The number of halogens is 8. The Morgan fingerprint density at radius 1 is 0.688 bits per heavy atom. The minimum Gasteiger partial charge on any atom is -0.166 e. The molecule has 0 N–H and O–H groups in total. The standard InChI is InChI=1S/C8H2Cl2F6/c9-3-1-2-4(10)6(8(14,15)16)5(3)7(11,12)13/h1-2H. The third-order valence-electron chi connectivity index (χ3n) is 1.67. The summed E-state index contributed by atoms with van der Waals surface area (Å²) in [5.41, 5.74) is -3.93. The molecule has 0 aliphatic heterocycles. The van der Waals surface area contributed by atoms with Gasteiger partial charge in [0.25, 0.3) is 0 Å². The quantitative estimate of drug-likeness (QED) is 0.586. The molecule has 1 rings (SSSR count). The first kappa shape index (κ1) is 13.4. The maximum absolute atomic E-state index is 12.4. The zero-order valence-electron chi connectivity index (χ0n) is 7.18. The van der Waals surface area contributed by atoms with Gasteiger partial charge in [-0.2, -0.15) is 26.3 Å². The smallest absolute Gasteiger partial charge is 0.166 e. The van der Waals surface area contributed by atoms with E-state index in [1.807, 2.05) is 0 Å². The second kappa shape index (κ2) is 4.00. The largest absolute Gasteiger partial charge is 0.418 e. The summed E-state index contributed by atoms with van der Waals surface area (Å²) in [5.74, 6) is 0. The van der Waals surface area contributed by atoms with Gasteiger partial charge in [-0.15, -0.1) is 0 Å². The number of hydrogen-bond acceptors (Lipinski definition) is 0. The van der Waals surface area contributed by atoms with Crippen LogP contribution < -0.4 is 0 Å². The highest BCUT2D eigenvalue weighted by Gasteiger charge is 2.46. The van der Waals surface area contributed by atoms with Crippen molar-refractivity contribution in [2.24, 2.45) is 0 Å². The van der Waals surface area contributed by atoms with E-state index in [1.165, 1.54) is 0 Å². The van der Waals surface area contributed by atoms with Crippen LogP contribution in [0.1, 0.15) is 11.1 Å². The third kappa shape index (κ3) is 2.55. The number of hydrogen-bond donors (Lipinski definition) is 0. The second-order valence-electron chi connectivity index (χ2n) is 2.77. The van der Waals surface area contributed by atoms with E-state index in [9.17, 15) is 26.3 Å². The number of alkyl halides is 6. The summed E-state index contributed by atoms with van der Waals surface area (Å²) in [4.78, 5) is 0. The highest BCUT2D eigenvalue weighted by Crippen LogP contribution is 2.46. The van der Waals surface area contributed by atoms with Crippen LogP contribution in [0.2, 0.25) is 10.0 Å². The molecular formula is C8H2Cl2F6. The molecule has 8 heteroatoms. The summed E-state index contributed by atoms with van der Waals surface area (Å²) >= 11 is 10.2. The Morgan fingerprint density at radius 3 is 1.12 bits per heavy atom. The maximum atomic E-state index is 12.4. The lowest BCUT2D eigenvalue weighted by Gasteiger charge is -2.17. The van der Waals surface area contributed by atoms with Crippen molar-refractivity contribution in [3.63, 3.8) is 0 Å². The lowest BCUT2D eigenvalue weighted by atomic mass is 10.1. The van der Waals surface area contributed by atoms with Crippen LogP contribution in [0.5, 0.6) is 0 Å². The van der Waals surface area contributed by atoms with Gasteiger partial charge >= 0.3 is 12.4 Å². The van der Waals surface area contributed by atoms with E-state index >= 15 is 0 Å². The van der Waals surface area contributed by atoms with Crippen LogP contribution in [-0.4, -0.2) is 0 Å². The summed E-state index contributed by atoms with van der Waals surface area (Å²) in [5, 5.41) is -2.08. The second-order valence-corrected chi connectivity index (χ2v) is 3.59. The average molecular weight is 283 g/mol. The summed E-state index contributed by atoms with van der Waals surface area (Å²) < 4.78 is 74.3. The van der Waals surface area contributed by atoms with Crippen molar-refractivity contribution in [3.05, 3.63) is 33.3 Å². The average Bonchev–Trinajstić information content (AvgIpc) is 2.04.